The summed E-state index contributed by atoms with van der Waals surface area (Å²) in [5, 5.41) is 5.64. The second-order valence-electron chi connectivity index (χ2n) is 17.1. The number of carbonyl (C=O) groups is 4. The molecule has 2 aliphatic heterocycles. The van der Waals surface area contributed by atoms with E-state index in [4.69, 9.17) is 14.5 Å². The van der Waals surface area contributed by atoms with Crippen LogP contribution in [0.15, 0.2) is 54.6 Å². The molecule has 0 spiro atoms. The third-order valence-electron chi connectivity index (χ3n) is 10.8. The van der Waals surface area contributed by atoms with Gasteiger partial charge in [0.2, 0.25) is 11.8 Å². The van der Waals surface area contributed by atoms with Gasteiger partial charge in [-0.3, -0.25) is 19.0 Å². The largest absolute Gasteiger partial charge is 0.459 e. The van der Waals surface area contributed by atoms with Crippen molar-refractivity contribution in [3.8, 4) is 17.1 Å². The zero-order chi connectivity index (χ0) is 42.2. The van der Waals surface area contributed by atoms with Crippen molar-refractivity contribution < 1.29 is 37.1 Å². The molecule has 1 aromatic heterocycles. The first-order chi connectivity index (χ1) is 27.3. The molecule has 0 bridgehead atoms. The van der Waals surface area contributed by atoms with Crippen molar-refractivity contribution in [2.24, 2.45) is 5.92 Å². The maximum atomic E-state index is 14.6. The van der Waals surface area contributed by atoms with Crippen LogP contribution >= 0.6 is 0 Å². The number of para-hydroxylation sites is 1. The molecule has 314 valence electrons. The van der Waals surface area contributed by atoms with Gasteiger partial charge in [0, 0.05) is 38.0 Å². The average molecular weight is 820 g/mol. The summed E-state index contributed by atoms with van der Waals surface area (Å²) in [6.45, 7) is 11.3. The van der Waals surface area contributed by atoms with E-state index in [1.165, 1.54) is 19.0 Å². The maximum Gasteiger partial charge on any atom is 0.408 e. The monoisotopic (exact) mass is 819 g/mol. The Balaban J connectivity index is 1.36. The van der Waals surface area contributed by atoms with Gasteiger partial charge in [-0.15, -0.1) is 0 Å². The molecule has 1 saturated carbocycles. The highest BCUT2D eigenvalue weighted by Gasteiger charge is 2.62. The number of aryl methyl sites for hydroxylation is 1. The number of carbonyl (C=O) groups excluding carboxylic acids is 4. The quantitative estimate of drug-likeness (QED) is 0.259. The number of imidazole rings is 1. The van der Waals surface area contributed by atoms with Crippen LogP contribution in [0.5, 0.6) is 6.01 Å². The fourth-order valence-electron chi connectivity index (χ4n) is 7.79. The molecule has 3 heterocycles. The highest BCUT2D eigenvalue weighted by molar-refractivity contribution is 7.87. The van der Waals surface area contributed by atoms with E-state index in [-0.39, 0.29) is 25.4 Å². The van der Waals surface area contributed by atoms with Gasteiger partial charge in [-0.1, -0.05) is 67.0 Å². The van der Waals surface area contributed by atoms with E-state index < -0.39 is 69.3 Å². The number of amides is 4. The van der Waals surface area contributed by atoms with E-state index >= 15 is 0 Å². The smallest absolute Gasteiger partial charge is 0.408 e. The third kappa shape index (κ3) is 9.33. The van der Waals surface area contributed by atoms with Crippen LogP contribution in [0.25, 0.3) is 22.2 Å². The van der Waals surface area contributed by atoms with Gasteiger partial charge in [0.25, 0.3) is 11.9 Å². The van der Waals surface area contributed by atoms with Crippen LogP contribution in [0.1, 0.15) is 91.2 Å². The number of ether oxygens (including phenoxy) is 2. The van der Waals surface area contributed by atoms with Crippen molar-refractivity contribution in [1.29, 1.82) is 0 Å². The summed E-state index contributed by atoms with van der Waals surface area (Å²) in [7, 11) is -1.58. The summed E-state index contributed by atoms with van der Waals surface area (Å²) < 4.78 is 42.8. The molecule has 4 amide bonds. The molecule has 5 atom stereocenters. The molecule has 3 aromatic rings. The minimum Gasteiger partial charge on any atom is -0.459 e. The molecule has 2 fully saturated rings. The number of nitrogens with one attached hydrogen (secondary N) is 3. The third-order valence-corrected chi connectivity index (χ3v) is 12.2. The molecule has 3 N–H and O–H groups in total. The van der Waals surface area contributed by atoms with Crippen LogP contribution in [-0.2, 0) is 29.3 Å². The van der Waals surface area contributed by atoms with E-state index in [9.17, 15) is 27.6 Å². The van der Waals surface area contributed by atoms with Gasteiger partial charge in [-0.2, -0.15) is 17.7 Å². The van der Waals surface area contributed by atoms with Gasteiger partial charge < -0.3 is 25.0 Å². The number of alkyl carbamates (subject to hydrolysis) is 1. The Labute approximate surface area is 341 Å². The standard InChI is InChI=1S/C42H57N7O8S/c1-26(2)49-33-21-15-19-31(28-17-14-16-27(3)22-28)35(33)44-39(49)56-30-23-34-36(50)45-42(38(52)46-58(54,55)47(7)8)24-29(42)18-12-10-9-11-13-20-32(37(51)48(34)25-30)43-40(53)57-41(4,5)6/h12,14-19,21-22,26,29-30,32,34H,9-11,13,20,23-25H2,1-8H3,(H,43,53)(H,45,50)(H,46,52)/t29-,30-,32+,34+,42-/m1/s1. The molecule has 1 aliphatic carbocycles. The van der Waals surface area contributed by atoms with Crippen molar-refractivity contribution in [1.82, 2.24) is 34.1 Å². The minimum absolute atomic E-state index is 0.0208. The predicted octanol–water partition coefficient (Wildman–Crippen LogP) is 5.15. The first-order valence-corrected chi connectivity index (χ1v) is 21.5. The molecular formula is C42H57N7O8S. The summed E-state index contributed by atoms with van der Waals surface area (Å²) in [6, 6.07) is 12.3. The number of benzene rings is 2. The van der Waals surface area contributed by atoms with E-state index in [2.05, 4.69) is 21.4 Å². The molecule has 6 rings (SSSR count). The van der Waals surface area contributed by atoms with Crippen molar-refractivity contribution in [2.75, 3.05) is 20.6 Å². The van der Waals surface area contributed by atoms with Crippen LogP contribution in [0.2, 0.25) is 0 Å². The molecular weight excluding hydrogens is 763 g/mol. The second-order valence-corrected chi connectivity index (χ2v) is 19.0. The Hall–Kier alpha value is -4.96. The molecule has 0 radical (unpaired) electrons. The normalized spacial score (nSPS) is 24.4. The van der Waals surface area contributed by atoms with E-state index in [0.717, 1.165) is 44.9 Å². The Morgan fingerprint density at radius 2 is 1.81 bits per heavy atom. The van der Waals surface area contributed by atoms with Crippen molar-refractivity contribution >= 4 is 45.1 Å². The summed E-state index contributed by atoms with van der Waals surface area (Å²) in [5.41, 5.74) is 2.28. The fraction of sp³-hybridized carbons (Fsp3) is 0.548. The van der Waals surface area contributed by atoms with Gasteiger partial charge in [-0.25, -0.2) is 9.52 Å². The zero-order valence-corrected chi connectivity index (χ0v) is 35.5. The Morgan fingerprint density at radius 3 is 2.50 bits per heavy atom. The molecule has 0 unspecified atom stereocenters. The lowest BCUT2D eigenvalue weighted by atomic mass is 10.0. The van der Waals surface area contributed by atoms with Crippen LogP contribution < -0.4 is 20.1 Å². The number of aromatic nitrogens is 2. The van der Waals surface area contributed by atoms with Crippen LogP contribution in [0, 0.1) is 12.8 Å². The molecule has 58 heavy (non-hydrogen) atoms. The van der Waals surface area contributed by atoms with Crippen LogP contribution in [0.4, 0.5) is 4.79 Å². The highest BCUT2D eigenvalue weighted by atomic mass is 32.2. The maximum absolute atomic E-state index is 14.6. The topological polar surface area (TPSA) is 181 Å². The zero-order valence-electron chi connectivity index (χ0n) is 34.7. The summed E-state index contributed by atoms with van der Waals surface area (Å²) >= 11 is 0. The number of hydrogen-bond acceptors (Lipinski definition) is 9. The van der Waals surface area contributed by atoms with Gasteiger partial charge in [-0.05, 0) is 78.9 Å². The molecule has 2 aromatic carbocycles. The van der Waals surface area contributed by atoms with Gasteiger partial charge in [0.05, 0.1) is 12.1 Å². The van der Waals surface area contributed by atoms with Gasteiger partial charge >= 0.3 is 16.3 Å². The molecule has 3 aliphatic rings. The first kappa shape index (κ1) is 42.6. The van der Waals surface area contributed by atoms with E-state index in [0.29, 0.717) is 25.3 Å². The molecule has 16 heteroatoms. The Bertz CT molecular complexity index is 2190. The van der Waals surface area contributed by atoms with Crippen LogP contribution in [0.3, 0.4) is 0 Å². The lowest BCUT2D eigenvalue weighted by Gasteiger charge is -2.30. The molecule has 15 nitrogen and oxygen atoms in total. The number of nitrogens with zero attached hydrogens (tertiary/aromatic N) is 4. The summed E-state index contributed by atoms with van der Waals surface area (Å²) in [6.07, 6.45) is 5.66. The van der Waals surface area contributed by atoms with Crippen molar-refractivity contribution in [2.45, 2.75) is 122 Å². The minimum atomic E-state index is -4.18. The Kier molecular flexibility index (Phi) is 12.3. The fourth-order valence-corrected chi connectivity index (χ4v) is 8.39. The van der Waals surface area contributed by atoms with Gasteiger partial charge in [0.15, 0.2) is 0 Å². The predicted molar refractivity (Wildman–Crippen MR) is 220 cm³/mol. The summed E-state index contributed by atoms with van der Waals surface area (Å²) in [5.74, 6) is -2.47. The number of rotatable bonds is 8. The first-order valence-electron chi connectivity index (χ1n) is 20.1. The van der Waals surface area contributed by atoms with E-state index in [1.807, 2.05) is 73.9 Å². The van der Waals surface area contributed by atoms with Crippen molar-refractivity contribution in [3.05, 3.63) is 60.2 Å². The number of fused-ring (bicyclic) bond motifs is 3. The van der Waals surface area contributed by atoms with Crippen LogP contribution in [-0.4, -0.2) is 101 Å². The summed E-state index contributed by atoms with van der Waals surface area (Å²) in [4.78, 5) is 62.4. The SMILES string of the molecule is Cc1cccc(-c2cccc3c2nc(O[C@@H]2C[C@H]4C(=O)N[C@]5(C(=O)NS(=O)(=O)N(C)C)C[C@H]5C=CCCCCC[C@H](NC(=O)OC(C)(C)C)C(=O)N4C2)n3C(C)C)c1. The highest BCUT2D eigenvalue weighted by Crippen LogP contribution is 2.46. The van der Waals surface area contributed by atoms with Gasteiger partial charge in [0.1, 0.15) is 34.8 Å². The number of allylic oxidation sites excluding steroid dienone is 1. The number of hydrogen-bond donors (Lipinski definition) is 3. The van der Waals surface area contributed by atoms with Crippen molar-refractivity contribution in [3.63, 3.8) is 0 Å². The lowest BCUT2D eigenvalue weighted by Crippen LogP contribution is -2.58. The second kappa shape index (κ2) is 16.7. The lowest BCUT2D eigenvalue weighted by molar-refractivity contribution is -0.141. The average Bonchev–Trinajstić information content (AvgIpc) is 3.45. The Morgan fingerprint density at radius 1 is 1.07 bits per heavy atom. The molecule has 1 saturated heterocycles. The van der Waals surface area contributed by atoms with E-state index in [1.54, 1.807) is 20.8 Å².